The zero-order chi connectivity index (χ0) is 13.9. The molecule has 1 amide bonds. The van der Waals surface area contributed by atoms with Crippen LogP contribution in [-0.2, 0) is 4.79 Å². The molecule has 1 aromatic rings. The fourth-order valence-corrected chi connectivity index (χ4v) is 2.47. The van der Waals surface area contributed by atoms with Gasteiger partial charge in [-0.2, -0.15) is 0 Å². The lowest BCUT2D eigenvalue weighted by atomic mass is 9.89. The molecule has 1 aromatic carbocycles. The predicted molar refractivity (Wildman–Crippen MR) is 73.2 cm³/mol. The van der Waals surface area contributed by atoms with Gasteiger partial charge in [0, 0.05) is 0 Å². The van der Waals surface area contributed by atoms with E-state index >= 15 is 0 Å². The lowest BCUT2D eigenvalue weighted by Crippen LogP contribution is -2.57. The van der Waals surface area contributed by atoms with Crippen LogP contribution < -0.4 is 10.6 Å². The van der Waals surface area contributed by atoms with Crippen molar-refractivity contribution in [1.29, 1.82) is 0 Å². The standard InChI is InChI=1S/C15H21FN2O/c1-11(12-6-5-7-13(16)10-12)18-14(19)15(2)8-3-4-9-17-15/h5-7,10-11,17H,3-4,8-9H2,1-2H3,(H,18,19). The monoisotopic (exact) mass is 264 g/mol. The van der Waals surface area contributed by atoms with Gasteiger partial charge in [-0.3, -0.25) is 4.79 Å². The molecule has 1 saturated heterocycles. The summed E-state index contributed by atoms with van der Waals surface area (Å²) < 4.78 is 13.2. The van der Waals surface area contributed by atoms with E-state index in [-0.39, 0.29) is 17.8 Å². The Balaban J connectivity index is 2.02. The minimum absolute atomic E-state index is 0.0102. The van der Waals surface area contributed by atoms with E-state index in [0.717, 1.165) is 31.4 Å². The lowest BCUT2D eigenvalue weighted by Gasteiger charge is -2.34. The SMILES string of the molecule is CC(NC(=O)C1(C)CCCCN1)c1cccc(F)c1. The molecule has 0 aromatic heterocycles. The van der Waals surface area contributed by atoms with Crippen molar-refractivity contribution in [2.45, 2.75) is 44.7 Å². The van der Waals surface area contributed by atoms with Gasteiger partial charge in [-0.25, -0.2) is 4.39 Å². The van der Waals surface area contributed by atoms with Crippen molar-refractivity contribution in [2.24, 2.45) is 0 Å². The lowest BCUT2D eigenvalue weighted by molar-refractivity contribution is -0.128. The minimum atomic E-state index is -0.500. The van der Waals surface area contributed by atoms with Crippen LogP contribution in [0.15, 0.2) is 24.3 Å². The van der Waals surface area contributed by atoms with E-state index in [1.807, 2.05) is 19.9 Å². The highest BCUT2D eigenvalue weighted by Crippen LogP contribution is 2.21. The zero-order valence-corrected chi connectivity index (χ0v) is 11.5. The van der Waals surface area contributed by atoms with Crippen LogP contribution in [0.4, 0.5) is 4.39 Å². The number of piperidine rings is 1. The summed E-state index contributed by atoms with van der Waals surface area (Å²) in [6, 6.07) is 6.16. The maximum atomic E-state index is 13.2. The second kappa shape index (κ2) is 5.70. The first kappa shape index (κ1) is 14.0. The van der Waals surface area contributed by atoms with Crippen LogP contribution in [0.1, 0.15) is 44.7 Å². The Kier molecular flexibility index (Phi) is 4.20. The molecular weight excluding hydrogens is 243 g/mol. The number of benzene rings is 1. The summed E-state index contributed by atoms with van der Waals surface area (Å²) in [7, 11) is 0. The molecule has 3 nitrogen and oxygen atoms in total. The second-order valence-corrected chi connectivity index (χ2v) is 5.47. The zero-order valence-electron chi connectivity index (χ0n) is 11.5. The Bertz CT molecular complexity index is 455. The molecule has 0 saturated carbocycles. The molecule has 0 spiro atoms. The second-order valence-electron chi connectivity index (χ2n) is 5.47. The fraction of sp³-hybridized carbons (Fsp3) is 0.533. The Morgan fingerprint density at radius 3 is 2.89 bits per heavy atom. The van der Waals surface area contributed by atoms with Crippen molar-refractivity contribution in [3.8, 4) is 0 Å². The molecule has 2 rings (SSSR count). The van der Waals surface area contributed by atoms with Gasteiger partial charge in [0.15, 0.2) is 0 Å². The molecule has 104 valence electrons. The van der Waals surface area contributed by atoms with Crippen molar-refractivity contribution in [3.63, 3.8) is 0 Å². The van der Waals surface area contributed by atoms with Crippen molar-refractivity contribution >= 4 is 5.91 Å². The number of hydrogen-bond acceptors (Lipinski definition) is 2. The average molecular weight is 264 g/mol. The van der Waals surface area contributed by atoms with Gasteiger partial charge in [0.05, 0.1) is 11.6 Å². The van der Waals surface area contributed by atoms with Crippen LogP contribution in [-0.4, -0.2) is 18.0 Å². The minimum Gasteiger partial charge on any atom is -0.348 e. The molecule has 1 aliphatic heterocycles. The predicted octanol–water partition coefficient (Wildman–Crippen LogP) is 2.54. The maximum Gasteiger partial charge on any atom is 0.240 e. The normalized spacial score (nSPS) is 24.8. The van der Waals surface area contributed by atoms with Crippen molar-refractivity contribution in [1.82, 2.24) is 10.6 Å². The van der Waals surface area contributed by atoms with E-state index < -0.39 is 5.54 Å². The number of nitrogens with one attached hydrogen (secondary N) is 2. The molecule has 1 heterocycles. The first-order chi connectivity index (χ1) is 9.01. The summed E-state index contributed by atoms with van der Waals surface area (Å²) in [5, 5.41) is 6.24. The van der Waals surface area contributed by atoms with E-state index in [1.165, 1.54) is 12.1 Å². The van der Waals surface area contributed by atoms with E-state index in [4.69, 9.17) is 0 Å². The van der Waals surface area contributed by atoms with Gasteiger partial charge in [0.2, 0.25) is 5.91 Å². The van der Waals surface area contributed by atoms with Crippen LogP contribution >= 0.6 is 0 Å². The number of halogens is 1. The first-order valence-corrected chi connectivity index (χ1v) is 6.83. The van der Waals surface area contributed by atoms with Gasteiger partial charge in [0.1, 0.15) is 5.82 Å². The number of hydrogen-bond donors (Lipinski definition) is 2. The Morgan fingerprint density at radius 2 is 2.26 bits per heavy atom. The van der Waals surface area contributed by atoms with Crippen molar-refractivity contribution < 1.29 is 9.18 Å². The summed E-state index contributed by atoms with van der Waals surface area (Å²) in [6.07, 6.45) is 3.02. The van der Waals surface area contributed by atoms with Crippen LogP contribution in [0.25, 0.3) is 0 Å². The first-order valence-electron chi connectivity index (χ1n) is 6.83. The van der Waals surface area contributed by atoms with Crippen LogP contribution in [0.2, 0.25) is 0 Å². The third-order valence-corrected chi connectivity index (χ3v) is 3.82. The topological polar surface area (TPSA) is 41.1 Å². The van der Waals surface area contributed by atoms with Gasteiger partial charge in [-0.05, 0) is 57.4 Å². The maximum absolute atomic E-state index is 13.2. The smallest absolute Gasteiger partial charge is 0.240 e. The largest absolute Gasteiger partial charge is 0.348 e. The number of amides is 1. The summed E-state index contributed by atoms with van der Waals surface area (Å²) >= 11 is 0. The van der Waals surface area contributed by atoms with Gasteiger partial charge in [-0.15, -0.1) is 0 Å². The average Bonchev–Trinajstić information content (AvgIpc) is 2.39. The number of rotatable bonds is 3. The quantitative estimate of drug-likeness (QED) is 0.881. The van der Waals surface area contributed by atoms with Crippen LogP contribution in [0.5, 0.6) is 0 Å². The van der Waals surface area contributed by atoms with E-state index in [2.05, 4.69) is 10.6 Å². The van der Waals surface area contributed by atoms with E-state index in [9.17, 15) is 9.18 Å². The molecule has 4 heteroatoms. The summed E-state index contributed by atoms with van der Waals surface area (Å²) in [5.41, 5.74) is 0.285. The van der Waals surface area contributed by atoms with Gasteiger partial charge in [-0.1, -0.05) is 12.1 Å². The Labute approximate surface area is 113 Å². The molecule has 0 bridgehead atoms. The molecule has 19 heavy (non-hydrogen) atoms. The van der Waals surface area contributed by atoms with E-state index in [0.29, 0.717) is 0 Å². The van der Waals surface area contributed by atoms with Gasteiger partial charge in [0.25, 0.3) is 0 Å². The molecule has 0 radical (unpaired) electrons. The summed E-state index contributed by atoms with van der Waals surface area (Å²) in [4.78, 5) is 12.3. The van der Waals surface area contributed by atoms with E-state index in [1.54, 1.807) is 6.07 Å². The number of carbonyl (C=O) groups is 1. The van der Waals surface area contributed by atoms with Crippen molar-refractivity contribution in [3.05, 3.63) is 35.6 Å². The van der Waals surface area contributed by atoms with Gasteiger partial charge >= 0.3 is 0 Å². The molecule has 0 aliphatic carbocycles. The molecule has 2 unspecified atom stereocenters. The molecule has 1 fully saturated rings. The van der Waals surface area contributed by atoms with Gasteiger partial charge < -0.3 is 10.6 Å². The van der Waals surface area contributed by atoms with Crippen molar-refractivity contribution in [2.75, 3.05) is 6.54 Å². The summed E-state index contributed by atoms with van der Waals surface area (Å²) in [6.45, 7) is 4.68. The van der Waals surface area contributed by atoms with Crippen LogP contribution in [0.3, 0.4) is 0 Å². The summed E-state index contributed by atoms with van der Waals surface area (Å²) in [5.74, 6) is -0.287. The highest BCUT2D eigenvalue weighted by Gasteiger charge is 2.34. The highest BCUT2D eigenvalue weighted by atomic mass is 19.1. The Hall–Kier alpha value is -1.42. The molecule has 1 aliphatic rings. The third-order valence-electron chi connectivity index (χ3n) is 3.82. The highest BCUT2D eigenvalue weighted by molar-refractivity contribution is 5.86. The third kappa shape index (κ3) is 3.32. The molecule has 2 N–H and O–H groups in total. The fourth-order valence-electron chi connectivity index (χ4n) is 2.47. The Morgan fingerprint density at radius 1 is 1.47 bits per heavy atom. The molecular formula is C15H21FN2O. The number of carbonyl (C=O) groups excluding carboxylic acids is 1. The van der Waals surface area contributed by atoms with Crippen LogP contribution in [0, 0.1) is 5.82 Å². The molecule has 2 atom stereocenters.